The number of benzene rings is 1. The highest BCUT2D eigenvalue weighted by Gasteiger charge is 2.13. The van der Waals surface area contributed by atoms with E-state index in [2.05, 4.69) is 5.32 Å². The van der Waals surface area contributed by atoms with Gasteiger partial charge in [0.25, 0.3) is 0 Å². The van der Waals surface area contributed by atoms with Gasteiger partial charge < -0.3 is 15.3 Å². The summed E-state index contributed by atoms with van der Waals surface area (Å²) in [5.74, 6) is -0.909. The molecule has 1 rings (SSSR count). The van der Waals surface area contributed by atoms with Crippen LogP contribution in [-0.4, -0.2) is 52.4 Å². The summed E-state index contributed by atoms with van der Waals surface area (Å²) in [6.07, 6.45) is -0.0713. The minimum atomic E-state index is -0.929. The number of carboxylic acid groups (broad SMARTS) is 1. The van der Waals surface area contributed by atoms with Crippen molar-refractivity contribution < 1.29 is 19.5 Å². The Morgan fingerprint density at radius 3 is 2.39 bits per heavy atom. The molecule has 2 amide bonds. The molecule has 1 aromatic carbocycles. The summed E-state index contributed by atoms with van der Waals surface area (Å²) < 4.78 is 0. The van der Waals surface area contributed by atoms with Crippen LogP contribution in [0.1, 0.15) is 18.9 Å². The first-order valence-corrected chi connectivity index (χ1v) is 8.51. The number of hydrogen-bond donors (Lipinski definition) is 2. The molecule has 0 saturated heterocycles. The number of anilines is 1. The topological polar surface area (TPSA) is 86.7 Å². The third-order valence-electron chi connectivity index (χ3n) is 3.12. The summed E-state index contributed by atoms with van der Waals surface area (Å²) in [6, 6.07) is 7.48. The fraction of sp³-hybridized carbons (Fsp3) is 0.438. The molecule has 0 radical (unpaired) electrons. The van der Waals surface area contributed by atoms with Crippen molar-refractivity contribution in [2.75, 3.05) is 29.9 Å². The Hall–Kier alpha value is -2.02. The molecule has 1 aromatic rings. The zero-order chi connectivity index (χ0) is 17.2. The SMILES string of the molecule is CCN(CCC(=O)O)C(=O)CSCC(=O)Nc1ccc(C)cc1. The van der Waals surface area contributed by atoms with Crippen molar-refractivity contribution in [1.29, 1.82) is 0 Å². The van der Waals surface area contributed by atoms with Crippen LogP contribution < -0.4 is 5.32 Å². The molecule has 0 spiro atoms. The van der Waals surface area contributed by atoms with E-state index in [4.69, 9.17) is 5.11 Å². The van der Waals surface area contributed by atoms with Gasteiger partial charge in [0.15, 0.2) is 0 Å². The third-order valence-corrected chi connectivity index (χ3v) is 4.04. The van der Waals surface area contributed by atoms with Crippen molar-refractivity contribution in [2.45, 2.75) is 20.3 Å². The van der Waals surface area contributed by atoms with E-state index in [1.165, 1.54) is 16.7 Å². The van der Waals surface area contributed by atoms with Crippen LogP contribution in [0.5, 0.6) is 0 Å². The Kier molecular flexibility index (Phi) is 8.18. The monoisotopic (exact) mass is 338 g/mol. The predicted octanol–water partition coefficient (Wildman–Crippen LogP) is 1.99. The molecule has 0 fully saturated rings. The number of amides is 2. The van der Waals surface area contributed by atoms with Crippen molar-refractivity contribution in [1.82, 2.24) is 4.90 Å². The molecular formula is C16H22N2O4S. The minimum absolute atomic E-state index is 0.0713. The molecule has 0 aromatic heterocycles. The highest BCUT2D eigenvalue weighted by molar-refractivity contribution is 8.00. The largest absolute Gasteiger partial charge is 0.481 e. The standard InChI is InChI=1S/C16H22N2O4S/c1-3-18(9-8-16(21)22)15(20)11-23-10-14(19)17-13-6-4-12(2)5-7-13/h4-7H,3,8-11H2,1-2H3,(H,17,19)(H,21,22). The molecule has 2 N–H and O–H groups in total. The summed E-state index contributed by atoms with van der Waals surface area (Å²) in [7, 11) is 0. The predicted molar refractivity (Wildman–Crippen MR) is 91.6 cm³/mol. The van der Waals surface area contributed by atoms with Crippen LogP contribution in [0.3, 0.4) is 0 Å². The van der Waals surface area contributed by atoms with Gasteiger partial charge >= 0.3 is 5.97 Å². The van der Waals surface area contributed by atoms with E-state index in [-0.39, 0.29) is 36.3 Å². The second-order valence-electron chi connectivity index (χ2n) is 5.02. The summed E-state index contributed by atoms with van der Waals surface area (Å²) in [5.41, 5.74) is 1.84. The number of carboxylic acids is 1. The highest BCUT2D eigenvalue weighted by atomic mass is 32.2. The highest BCUT2D eigenvalue weighted by Crippen LogP contribution is 2.10. The Bertz CT molecular complexity index is 546. The van der Waals surface area contributed by atoms with Gasteiger partial charge in [-0.1, -0.05) is 17.7 Å². The lowest BCUT2D eigenvalue weighted by atomic mass is 10.2. The number of hydrogen-bond acceptors (Lipinski definition) is 4. The lowest BCUT2D eigenvalue weighted by Crippen LogP contribution is -2.34. The zero-order valence-corrected chi connectivity index (χ0v) is 14.2. The second kappa shape index (κ2) is 9.89. The van der Waals surface area contributed by atoms with Crippen molar-refractivity contribution in [2.24, 2.45) is 0 Å². The molecule has 0 aliphatic carbocycles. The number of rotatable bonds is 9. The molecule has 6 nitrogen and oxygen atoms in total. The third kappa shape index (κ3) is 7.69. The molecule has 126 valence electrons. The number of nitrogens with zero attached hydrogens (tertiary/aromatic N) is 1. The normalized spacial score (nSPS) is 10.2. The minimum Gasteiger partial charge on any atom is -0.481 e. The van der Waals surface area contributed by atoms with E-state index in [9.17, 15) is 14.4 Å². The molecule has 0 heterocycles. The van der Waals surface area contributed by atoms with Crippen LogP contribution in [0.2, 0.25) is 0 Å². The Morgan fingerprint density at radius 1 is 1.17 bits per heavy atom. The molecule has 7 heteroatoms. The van der Waals surface area contributed by atoms with E-state index in [0.717, 1.165) is 11.3 Å². The number of carbonyl (C=O) groups excluding carboxylic acids is 2. The quantitative estimate of drug-likeness (QED) is 0.719. The molecule has 0 atom stereocenters. The Labute approximate surface area is 140 Å². The van der Waals surface area contributed by atoms with Crippen LogP contribution in [0.25, 0.3) is 0 Å². The van der Waals surface area contributed by atoms with Crippen LogP contribution in [0, 0.1) is 6.92 Å². The Balaban J connectivity index is 2.31. The molecule has 0 aliphatic rings. The maximum Gasteiger partial charge on any atom is 0.305 e. The number of aliphatic carboxylic acids is 1. The van der Waals surface area contributed by atoms with Gasteiger partial charge in [0, 0.05) is 18.8 Å². The van der Waals surface area contributed by atoms with Crippen molar-refractivity contribution in [3.8, 4) is 0 Å². The maximum atomic E-state index is 11.9. The number of thioether (sulfide) groups is 1. The van der Waals surface area contributed by atoms with Gasteiger partial charge in [-0.2, -0.15) is 0 Å². The fourth-order valence-electron chi connectivity index (χ4n) is 1.85. The summed E-state index contributed by atoms with van der Waals surface area (Å²) in [5, 5.41) is 11.4. The average molecular weight is 338 g/mol. The van der Waals surface area contributed by atoms with E-state index in [1.807, 2.05) is 31.2 Å². The fourth-order valence-corrected chi connectivity index (χ4v) is 2.56. The van der Waals surface area contributed by atoms with E-state index < -0.39 is 5.97 Å². The zero-order valence-electron chi connectivity index (χ0n) is 13.4. The first-order valence-electron chi connectivity index (χ1n) is 7.36. The molecule has 23 heavy (non-hydrogen) atoms. The van der Waals surface area contributed by atoms with E-state index >= 15 is 0 Å². The van der Waals surface area contributed by atoms with Crippen LogP contribution in [0.15, 0.2) is 24.3 Å². The number of aryl methyl sites for hydroxylation is 1. The smallest absolute Gasteiger partial charge is 0.305 e. The van der Waals surface area contributed by atoms with Gasteiger partial charge in [-0.05, 0) is 26.0 Å². The molecule has 0 bridgehead atoms. The maximum absolute atomic E-state index is 11.9. The number of carbonyl (C=O) groups is 3. The molecule has 0 aliphatic heterocycles. The second-order valence-corrected chi connectivity index (χ2v) is 6.01. The van der Waals surface area contributed by atoms with Crippen molar-refractivity contribution >= 4 is 35.2 Å². The Morgan fingerprint density at radius 2 is 1.83 bits per heavy atom. The van der Waals surface area contributed by atoms with E-state index in [0.29, 0.717) is 6.54 Å². The average Bonchev–Trinajstić information content (AvgIpc) is 2.50. The van der Waals surface area contributed by atoms with E-state index in [1.54, 1.807) is 6.92 Å². The number of nitrogens with one attached hydrogen (secondary N) is 1. The lowest BCUT2D eigenvalue weighted by Gasteiger charge is -2.19. The molecule has 0 unspecified atom stereocenters. The van der Waals surface area contributed by atoms with Gasteiger partial charge in [0.2, 0.25) is 11.8 Å². The van der Waals surface area contributed by atoms with Gasteiger partial charge in [-0.25, -0.2) is 0 Å². The van der Waals surface area contributed by atoms with Gasteiger partial charge in [0.05, 0.1) is 17.9 Å². The van der Waals surface area contributed by atoms with Gasteiger partial charge in [0.1, 0.15) is 0 Å². The van der Waals surface area contributed by atoms with Crippen LogP contribution in [-0.2, 0) is 14.4 Å². The first-order chi connectivity index (χ1) is 10.9. The van der Waals surface area contributed by atoms with Crippen molar-refractivity contribution in [3.63, 3.8) is 0 Å². The first kappa shape index (κ1) is 19.0. The summed E-state index contributed by atoms with van der Waals surface area (Å²) in [6.45, 7) is 4.43. The molecular weight excluding hydrogens is 316 g/mol. The summed E-state index contributed by atoms with van der Waals surface area (Å²) >= 11 is 1.22. The van der Waals surface area contributed by atoms with Crippen LogP contribution >= 0.6 is 11.8 Å². The van der Waals surface area contributed by atoms with Gasteiger partial charge in [-0.3, -0.25) is 14.4 Å². The molecule has 0 saturated carbocycles. The summed E-state index contributed by atoms with van der Waals surface area (Å²) in [4.78, 5) is 35.8. The lowest BCUT2D eigenvalue weighted by molar-refractivity contribution is -0.138. The van der Waals surface area contributed by atoms with Gasteiger partial charge in [-0.15, -0.1) is 11.8 Å². The van der Waals surface area contributed by atoms with Crippen molar-refractivity contribution in [3.05, 3.63) is 29.8 Å². The van der Waals surface area contributed by atoms with Crippen LogP contribution in [0.4, 0.5) is 5.69 Å².